The zero-order valence-electron chi connectivity index (χ0n) is 15.1. The summed E-state index contributed by atoms with van der Waals surface area (Å²) in [6.45, 7) is 1.28. The third-order valence-electron chi connectivity index (χ3n) is 5.18. The number of nitrogens with zero attached hydrogens (tertiary/aromatic N) is 4. The normalized spacial score (nSPS) is 16.8. The molecule has 2 aromatic heterocycles. The molecule has 8 heteroatoms. The Kier molecular flexibility index (Phi) is 5.47. The summed E-state index contributed by atoms with van der Waals surface area (Å²) in [6, 6.07) is 9.44. The summed E-state index contributed by atoms with van der Waals surface area (Å²) < 4.78 is 0. The van der Waals surface area contributed by atoms with Crippen LogP contribution in [0.4, 0.5) is 0 Å². The van der Waals surface area contributed by atoms with Gasteiger partial charge < -0.3 is 5.11 Å². The number of H-pyrrole nitrogens is 1. The average Bonchev–Trinajstić information content (AvgIpc) is 3.19. The predicted molar refractivity (Wildman–Crippen MR) is 106 cm³/mol. The van der Waals surface area contributed by atoms with E-state index >= 15 is 0 Å². The molecule has 0 spiro atoms. The van der Waals surface area contributed by atoms with Crippen molar-refractivity contribution in [2.75, 3.05) is 13.1 Å². The highest BCUT2D eigenvalue weighted by Crippen LogP contribution is 2.39. The molecule has 1 saturated heterocycles. The Labute approximate surface area is 167 Å². The van der Waals surface area contributed by atoms with Gasteiger partial charge in [-0.3, -0.25) is 14.8 Å². The number of aliphatic hydroxyl groups is 1. The molecule has 7 nitrogen and oxygen atoms in total. The van der Waals surface area contributed by atoms with Crippen molar-refractivity contribution in [2.45, 2.75) is 25.0 Å². The zero-order valence-corrected chi connectivity index (χ0v) is 15.9. The molecule has 0 saturated carbocycles. The highest BCUT2D eigenvalue weighted by Gasteiger charge is 2.29. The topological polar surface area (TPSA) is 95.0 Å². The summed E-state index contributed by atoms with van der Waals surface area (Å²) in [4.78, 5) is 21.1. The van der Waals surface area contributed by atoms with Crippen molar-refractivity contribution in [1.29, 1.82) is 0 Å². The molecule has 3 heterocycles. The van der Waals surface area contributed by atoms with Crippen molar-refractivity contribution in [1.82, 2.24) is 25.1 Å². The summed E-state index contributed by atoms with van der Waals surface area (Å²) in [5, 5.41) is 18.2. The zero-order chi connectivity index (χ0) is 19.5. The van der Waals surface area contributed by atoms with Crippen LogP contribution in [0.2, 0.25) is 5.02 Å². The molecular formula is C20H20ClN5O2. The Morgan fingerprint density at radius 2 is 1.96 bits per heavy atom. The van der Waals surface area contributed by atoms with Gasteiger partial charge in [0.1, 0.15) is 12.0 Å². The lowest BCUT2D eigenvalue weighted by Crippen LogP contribution is -2.41. The van der Waals surface area contributed by atoms with Gasteiger partial charge in [0.25, 0.3) is 0 Å². The van der Waals surface area contributed by atoms with Crippen molar-refractivity contribution < 1.29 is 9.90 Å². The molecule has 2 N–H and O–H groups in total. The van der Waals surface area contributed by atoms with Crippen molar-refractivity contribution in [2.24, 2.45) is 0 Å². The second-order valence-corrected chi connectivity index (χ2v) is 7.26. The molecule has 0 amide bonds. The van der Waals surface area contributed by atoms with E-state index in [-0.39, 0.29) is 5.92 Å². The molecule has 1 aliphatic heterocycles. The maximum Gasteiger partial charge on any atom is 0.163 e. The molecule has 4 rings (SSSR count). The number of aromatic nitrogens is 4. The van der Waals surface area contributed by atoms with Gasteiger partial charge >= 0.3 is 0 Å². The van der Waals surface area contributed by atoms with Gasteiger partial charge in [-0.25, -0.2) is 9.97 Å². The van der Waals surface area contributed by atoms with Crippen LogP contribution >= 0.6 is 11.6 Å². The maximum absolute atomic E-state index is 10.8. The molecule has 144 valence electrons. The number of hydrogen-bond donors (Lipinski definition) is 2. The van der Waals surface area contributed by atoms with E-state index in [1.165, 1.54) is 6.33 Å². The summed E-state index contributed by atoms with van der Waals surface area (Å²) in [5.41, 5.74) is 4.55. The number of carbonyl (C=O) groups is 1. The van der Waals surface area contributed by atoms with Crippen LogP contribution in [0.3, 0.4) is 0 Å². The maximum atomic E-state index is 10.8. The van der Waals surface area contributed by atoms with Gasteiger partial charge in [-0.2, -0.15) is 5.10 Å². The van der Waals surface area contributed by atoms with Crippen molar-refractivity contribution in [3.8, 4) is 22.5 Å². The minimum atomic E-state index is -1.03. The molecular weight excluding hydrogens is 378 g/mol. The summed E-state index contributed by atoms with van der Waals surface area (Å²) >= 11 is 6.04. The molecule has 0 radical (unpaired) electrons. The van der Waals surface area contributed by atoms with E-state index < -0.39 is 6.23 Å². The molecule has 0 aliphatic carbocycles. The van der Waals surface area contributed by atoms with E-state index in [0.717, 1.165) is 41.1 Å². The first-order valence-corrected chi connectivity index (χ1v) is 9.53. The van der Waals surface area contributed by atoms with Gasteiger partial charge in [0, 0.05) is 47.0 Å². The van der Waals surface area contributed by atoms with E-state index in [1.807, 2.05) is 30.3 Å². The first-order valence-electron chi connectivity index (χ1n) is 9.15. The fourth-order valence-electron chi connectivity index (χ4n) is 3.70. The van der Waals surface area contributed by atoms with Crippen LogP contribution < -0.4 is 0 Å². The molecule has 1 unspecified atom stereocenters. The number of carbonyl (C=O) groups excluding carboxylic acids is 1. The Hall–Kier alpha value is -2.61. The molecule has 1 aliphatic rings. The predicted octanol–water partition coefficient (Wildman–Crippen LogP) is 2.88. The van der Waals surface area contributed by atoms with E-state index in [4.69, 9.17) is 11.6 Å². The van der Waals surface area contributed by atoms with Gasteiger partial charge in [-0.05, 0) is 31.0 Å². The highest BCUT2D eigenvalue weighted by atomic mass is 35.5. The number of rotatable bonds is 5. The number of likely N-dealkylation sites (tertiary alicyclic amines) is 1. The van der Waals surface area contributed by atoms with Crippen molar-refractivity contribution in [3.05, 3.63) is 53.6 Å². The van der Waals surface area contributed by atoms with Crippen LogP contribution in [0.25, 0.3) is 22.5 Å². The SMILES string of the molecule is O=CC(O)N1CCC(c2[nH]nc(-c3ccc(Cl)cc3)c2-c2ccncn2)CC1. The van der Waals surface area contributed by atoms with Crippen LogP contribution in [-0.2, 0) is 4.79 Å². The molecule has 1 fully saturated rings. The van der Waals surface area contributed by atoms with E-state index in [9.17, 15) is 9.90 Å². The molecule has 0 bridgehead atoms. The largest absolute Gasteiger partial charge is 0.371 e. The number of benzene rings is 1. The lowest BCUT2D eigenvalue weighted by atomic mass is 9.88. The van der Waals surface area contributed by atoms with E-state index in [1.54, 1.807) is 11.1 Å². The standard InChI is InChI=1S/C20H20ClN5O2/c21-15-3-1-13(2-4-15)19-18(16-5-8-22-12-23-16)20(25-24-19)14-6-9-26(10-7-14)17(28)11-27/h1-5,8,11-12,14,17,28H,6-7,9-10H2,(H,24,25). The van der Waals surface area contributed by atoms with Gasteiger partial charge in [0.15, 0.2) is 12.5 Å². The Morgan fingerprint density at radius 1 is 1.21 bits per heavy atom. The fourth-order valence-corrected chi connectivity index (χ4v) is 3.83. The highest BCUT2D eigenvalue weighted by molar-refractivity contribution is 6.30. The van der Waals surface area contributed by atoms with Gasteiger partial charge in [0.05, 0.1) is 5.69 Å². The van der Waals surface area contributed by atoms with Gasteiger partial charge in [0.2, 0.25) is 0 Å². The van der Waals surface area contributed by atoms with Crippen LogP contribution in [0.5, 0.6) is 0 Å². The van der Waals surface area contributed by atoms with Crippen molar-refractivity contribution in [3.63, 3.8) is 0 Å². The number of aromatic amines is 1. The first-order chi connectivity index (χ1) is 13.7. The first kappa shape index (κ1) is 18.7. The lowest BCUT2D eigenvalue weighted by molar-refractivity contribution is -0.125. The molecule has 28 heavy (non-hydrogen) atoms. The Morgan fingerprint density at radius 3 is 2.61 bits per heavy atom. The number of aldehydes is 1. The van der Waals surface area contributed by atoms with Gasteiger partial charge in [-0.1, -0.05) is 23.7 Å². The summed E-state index contributed by atoms with van der Waals surface area (Å²) in [7, 11) is 0. The van der Waals surface area contributed by atoms with Crippen LogP contribution in [-0.4, -0.2) is 55.8 Å². The third-order valence-corrected chi connectivity index (χ3v) is 5.44. The van der Waals surface area contributed by atoms with Crippen LogP contribution in [0.1, 0.15) is 24.5 Å². The Bertz CT molecular complexity index is 937. The third kappa shape index (κ3) is 3.69. The second-order valence-electron chi connectivity index (χ2n) is 6.82. The Balaban J connectivity index is 1.70. The van der Waals surface area contributed by atoms with Crippen LogP contribution in [0.15, 0.2) is 42.9 Å². The molecule has 3 aromatic rings. The molecule has 1 atom stereocenters. The molecule has 1 aromatic carbocycles. The van der Waals surface area contributed by atoms with Gasteiger partial charge in [-0.15, -0.1) is 0 Å². The number of aliphatic hydroxyl groups excluding tert-OH is 1. The average molecular weight is 398 g/mol. The van der Waals surface area contributed by atoms with E-state index in [0.29, 0.717) is 24.4 Å². The summed E-state index contributed by atoms with van der Waals surface area (Å²) in [6.07, 6.45) is 4.40. The van der Waals surface area contributed by atoms with Crippen LogP contribution in [0, 0.1) is 0 Å². The van der Waals surface area contributed by atoms with Crippen molar-refractivity contribution >= 4 is 17.9 Å². The summed E-state index contributed by atoms with van der Waals surface area (Å²) in [5.74, 6) is 0.230. The second kappa shape index (κ2) is 8.18. The number of piperidine rings is 1. The minimum absolute atomic E-state index is 0.230. The lowest BCUT2D eigenvalue weighted by Gasteiger charge is -2.32. The monoisotopic (exact) mass is 397 g/mol. The number of halogens is 1. The minimum Gasteiger partial charge on any atom is -0.371 e. The van der Waals surface area contributed by atoms with E-state index in [2.05, 4.69) is 20.2 Å². The number of nitrogens with one attached hydrogen (secondary N) is 1. The smallest absolute Gasteiger partial charge is 0.163 e. The number of hydrogen-bond acceptors (Lipinski definition) is 6. The quantitative estimate of drug-likeness (QED) is 0.643. The fraction of sp³-hybridized carbons (Fsp3) is 0.300.